The first kappa shape index (κ1) is 12.0. The molecule has 2 N–H and O–H groups in total. The molecule has 1 atom stereocenters. The Bertz CT molecular complexity index is 187. The van der Waals surface area contributed by atoms with E-state index in [2.05, 4.69) is 26.1 Å². The second kappa shape index (κ2) is 5.16. The Hall–Kier alpha value is -0.0300. The van der Waals surface area contributed by atoms with Crippen LogP contribution in [0.1, 0.15) is 32.1 Å². The first-order valence-corrected chi connectivity index (χ1v) is 8.93. The third kappa shape index (κ3) is 3.28. The first-order chi connectivity index (χ1) is 6.55. The zero-order chi connectivity index (χ0) is 10.6. The summed E-state index contributed by atoms with van der Waals surface area (Å²) in [5, 5.41) is 0. The zero-order valence-electron chi connectivity index (χ0n) is 9.87. The van der Waals surface area contributed by atoms with Crippen LogP contribution in [0, 0.1) is 5.92 Å². The minimum absolute atomic E-state index is 0.712. The SMILES string of the molecule is C[P+](C)(C)C(C/C=C/N)C1CCCC1. The van der Waals surface area contributed by atoms with Gasteiger partial charge in [0.1, 0.15) is 0 Å². The number of nitrogens with two attached hydrogens (primary N) is 1. The second-order valence-corrected chi connectivity index (χ2v) is 10.3. The van der Waals surface area contributed by atoms with Gasteiger partial charge in [0.05, 0.1) is 5.66 Å². The van der Waals surface area contributed by atoms with Crippen molar-refractivity contribution >= 4 is 7.26 Å². The van der Waals surface area contributed by atoms with Gasteiger partial charge >= 0.3 is 0 Å². The van der Waals surface area contributed by atoms with Crippen LogP contribution in [0.2, 0.25) is 0 Å². The van der Waals surface area contributed by atoms with Crippen molar-refractivity contribution in [1.29, 1.82) is 0 Å². The molecule has 1 aliphatic carbocycles. The summed E-state index contributed by atoms with van der Waals surface area (Å²) < 4.78 is 0. The maximum Gasteiger partial charge on any atom is 0.0752 e. The molecule has 0 spiro atoms. The van der Waals surface area contributed by atoms with Gasteiger partial charge in [-0.05, 0) is 25.0 Å². The molecule has 0 aliphatic heterocycles. The van der Waals surface area contributed by atoms with Gasteiger partial charge in [-0.2, -0.15) is 0 Å². The fraction of sp³-hybridized carbons (Fsp3) is 0.833. The van der Waals surface area contributed by atoms with Gasteiger partial charge in [0.15, 0.2) is 0 Å². The molecule has 1 unspecified atom stereocenters. The van der Waals surface area contributed by atoms with Crippen LogP contribution in [-0.4, -0.2) is 25.7 Å². The van der Waals surface area contributed by atoms with Gasteiger partial charge < -0.3 is 5.73 Å². The van der Waals surface area contributed by atoms with Gasteiger partial charge in [-0.25, -0.2) is 0 Å². The highest BCUT2D eigenvalue weighted by molar-refractivity contribution is 7.74. The number of allylic oxidation sites excluding steroid dienone is 1. The molecule has 14 heavy (non-hydrogen) atoms. The highest BCUT2D eigenvalue weighted by atomic mass is 31.2. The Balaban J connectivity index is 2.60. The van der Waals surface area contributed by atoms with Crippen molar-refractivity contribution < 1.29 is 0 Å². The average molecular weight is 214 g/mol. The lowest BCUT2D eigenvalue weighted by atomic mass is 10.0. The van der Waals surface area contributed by atoms with Gasteiger partial charge in [-0.15, -0.1) is 0 Å². The predicted octanol–water partition coefficient (Wildman–Crippen LogP) is 3.31. The minimum Gasteiger partial charge on any atom is -0.405 e. The molecule has 1 saturated carbocycles. The smallest absolute Gasteiger partial charge is 0.0752 e. The summed E-state index contributed by atoms with van der Waals surface area (Å²) in [6.45, 7) is 7.42. The first-order valence-electron chi connectivity index (χ1n) is 5.73. The summed E-state index contributed by atoms with van der Waals surface area (Å²) in [5.74, 6) is 0.986. The molecule has 0 heterocycles. The van der Waals surface area contributed by atoms with Crippen molar-refractivity contribution in [3.05, 3.63) is 12.3 Å². The van der Waals surface area contributed by atoms with E-state index >= 15 is 0 Å². The second-order valence-electron chi connectivity index (χ2n) is 5.39. The number of rotatable bonds is 4. The lowest BCUT2D eigenvalue weighted by Gasteiger charge is -2.28. The summed E-state index contributed by atoms with van der Waals surface area (Å²) >= 11 is 0. The van der Waals surface area contributed by atoms with E-state index in [9.17, 15) is 0 Å². The Morgan fingerprint density at radius 1 is 1.29 bits per heavy atom. The van der Waals surface area contributed by atoms with Crippen molar-refractivity contribution in [3.8, 4) is 0 Å². The highest BCUT2D eigenvalue weighted by Crippen LogP contribution is 2.58. The average Bonchev–Trinajstić information content (AvgIpc) is 2.55. The number of hydrogen-bond acceptors (Lipinski definition) is 1. The monoisotopic (exact) mass is 214 g/mol. The number of hydrogen-bond donors (Lipinski definition) is 1. The van der Waals surface area contributed by atoms with E-state index in [1.165, 1.54) is 32.1 Å². The molecule has 82 valence electrons. The summed E-state index contributed by atoms with van der Waals surface area (Å²) in [4.78, 5) is 0. The summed E-state index contributed by atoms with van der Waals surface area (Å²) in [7, 11) is -0.712. The van der Waals surface area contributed by atoms with Crippen molar-refractivity contribution in [1.82, 2.24) is 0 Å². The molecule has 0 amide bonds. The van der Waals surface area contributed by atoms with E-state index in [0.717, 1.165) is 11.6 Å². The summed E-state index contributed by atoms with van der Waals surface area (Å²) in [6, 6.07) is 0. The largest absolute Gasteiger partial charge is 0.405 e. The van der Waals surface area contributed by atoms with Crippen molar-refractivity contribution in [2.75, 3.05) is 20.0 Å². The normalized spacial score (nSPS) is 21.9. The molecule has 0 bridgehead atoms. The lowest BCUT2D eigenvalue weighted by Crippen LogP contribution is -2.20. The molecule has 0 saturated heterocycles. The van der Waals surface area contributed by atoms with Gasteiger partial charge in [0, 0.05) is 33.7 Å². The molecule has 1 aliphatic rings. The molecule has 1 rings (SSSR count). The van der Waals surface area contributed by atoms with Gasteiger partial charge in [0.25, 0.3) is 0 Å². The predicted molar refractivity (Wildman–Crippen MR) is 68.4 cm³/mol. The van der Waals surface area contributed by atoms with Gasteiger partial charge in [-0.3, -0.25) is 0 Å². The summed E-state index contributed by atoms with van der Waals surface area (Å²) in [5.41, 5.74) is 6.37. The van der Waals surface area contributed by atoms with E-state index in [4.69, 9.17) is 5.73 Å². The van der Waals surface area contributed by atoms with E-state index in [-0.39, 0.29) is 0 Å². The molecule has 1 fully saturated rings. The standard InChI is InChI=1S/C12H25NP/c1-14(2,3)12(9-6-10-13)11-7-4-5-8-11/h6,10-12H,4-5,7-9,13H2,1-3H3/q+1/b10-6+. The van der Waals surface area contributed by atoms with Crippen LogP contribution in [-0.2, 0) is 0 Å². The van der Waals surface area contributed by atoms with E-state index in [1.807, 2.05) is 0 Å². The Labute approximate surface area is 89.5 Å². The molecule has 0 radical (unpaired) electrons. The molecular weight excluding hydrogens is 189 g/mol. The Kier molecular flexibility index (Phi) is 4.44. The van der Waals surface area contributed by atoms with Crippen LogP contribution >= 0.6 is 7.26 Å². The van der Waals surface area contributed by atoms with E-state index in [0.29, 0.717) is 0 Å². The maximum atomic E-state index is 5.45. The molecule has 0 aromatic rings. The van der Waals surface area contributed by atoms with Gasteiger partial charge in [-0.1, -0.05) is 18.9 Å². The van der Waals surface area contributed by atoms with Crippen LogP contribution < -0.4 is 5.73 Å². The van der Waals surface area contributed by atoms with Crippen LogP contribution in [0.15, 0.2) is 12.3 Å². The molecule has 2 heteroatoms. The summed E-state index contributed by atoms with van der Waals surface area (Å²) in [6.07, 6.45) is 10.9. The minimum atomic E-state index is -0.712. The van der Waals surface area contributed by atoms with E-state index in [1.54, 1.807) is 6.20 Å². The quantitative estimate of drug-likeness (QED) is 0.714. The molecule has 1 nitrogen and oxygen atoms in total. The molecule has 0 aromatic carbocycles. The molecule has 0 aromatic heterocycles. The Morgan fingerprint density at radius 3 is 2.29 bits per heavy atom. The van der Waals surface area contributed by atoms with Crippen LogP contribution in [0.4, 0.5) is 0 Å². The third-order valence-electron chi connectivity index (χ3n) is 3.45. The fourth-order valence-corrected chi connectivity index (χ4v) is 5.02. The Morgan fingerprint density at radius 2 is 1.86 bits per heavy atom. The van der Waals surface area contributed by atoms with Crippen LogP contribution in [0.3, 0.4) is 0 Å². The molecular formula is C12H25NP+. The topological polar surface area (TPSA) is 26.0 Å². The van der Waals surface area contributed by atoms with Gasteiger partial charge in [0.2, 0.25) is 0 Å². The van der Waals surface area contributed by atoms with Crippen molar-refractivity contribution in [2.24, 2.45) is 11.7 Å². The van der Waals surface area contributed by atoms with Crippen molar-refractivity contribution in [3.63, 3.8) is 0 Å². The highest BCUT2D eigenvalue weighted by Gasteiger charge is 2.38. The maximum absolute atomic E-state index is 5.45. The third-order valence-corrected chi connectivity index (χ3v) is 6.07. The van der Waals surface area contributed by atoms with Crippen LogP contribution in [0.5, 0.6) is 0 Å². The lowest BCUT2D eigenvalue weighted by molar-refractivity contribution is 0.515. The van der Waals surface area contributed by atoms with Crippen LogP contribution in [0.25, 0.3) is 0 Å². The van der Waals surface area contributed by atoms with Crippen molar-refractivity contribution in [2.45, 2.75) is 37.8 Å². The fourth-order valence-electron chi connectivity index (χ4n) is 2.70. The van der Waals surface area contributed by atoms with E-state index < -0.39 is 7.26 Å². The zero-order valence-corrected chi connectivity index (χ0v) is 10.8.